The van der Waals surface area contributed by atoms with Gasteiger partial charge in [0.25, 0.3) is 0 Å². The van der Waals surface area contributed by atoms with Crippen LogP contribution in [0.2, 0.25) is 18.1 Å². The predicted molar refractivity (Wildman–Crippen MR) is 131 cm³/mol. The van der Waals surface area contributed by atoms with Crippen molar-refractivity contribution in [1.82, 2.24) is 9.80 Å². The van der Waals surface area contributed by atoms with Crippen LogP contribution in [0.5, 0.6) is 5.75 Å². The molecule has 2 aliphatic rings. The molecule has 11 heteroatoms. The first kappa shape index (κ1) is 28.3. The molecule has 1 saturated heterocycles. The summed E-state index contributed by atoms with van der Waals surface area (Å²) in [6.45, 7) is 5.84. The fourth-order valence-electron chi connectivity index (χ4n) is 6.03. The topological polar surface area (TPSA) is 79.3 Å². The van der Waals surface area contributed by atoms with E-state index < -0.39 is 44.6 Å². The summed E-state index contributed by atoms with van der Waals surface area (Å²) in [6.07, 6.45) is -4.42. The van der Waals surface area contributed by atoms with Crippen molar-refractivity contribution in [2.24, 2.45) is 5.92 Å². The standard InChI is InChI=1S/C25H37F3N2O5Si/c1-5-36(6-2,7-3)35-16-21-22(19-9-8-10-20(19)30(21)24(32)33)29(23(31)25(26,27)28)15-17-11-13-18(34-4)14-12-17/h11-14,19-22H,5-10,15-16H2,1-4H3,(H,32,33)/t19-,20+,21?,22?/m0/s1. The lowest BCUT2D eigenvalue weighted by Crippen LogP contribution is -2.56. The van der Waals surface area contributed by atoms with Gasteiger partial charge in [0.05, 0.1) is 25.8 Å². The normalized spacial score (nSPS) is 24.0. The smallest absolute Gasteiger partial charge is 0.471 e. The minimum Gasteiger partial charge on any atom is -0.497 e. The Kier molecular flexibility index (Phi) is 8.97. The number of nitrogens with zero attached hydrogens (tertiary/aromatic N) is 2. The molecule has 3 rings (SSSR count). The number of carbonyl (C=O) groups is 2. The Labute approximate surface area is 211 Å². The van der Waals surface area contributed by atoms with Gasteiger partial charge in [-0.05, 0) is 48.7 Å². The molecule has 1 N–H and O–H groups in total. The zero-order valence-electron chi connectivity index (χ0n) is 21.4. The second kappa shape index (κ2) is 11.4. The number of alkyl halides is 3. The van der Waals surface area contributed by atoms with Gasteiger partial charge in [-0.1, -0.05) is 39.3 Å². The number of carboxylic acid groups (broad SMARTS) is 1. The van der Waals surface area contributed by atoms with Gasteiger partial charge in [0, 0.05) is 18.5 Å². The maximum absolute atomic E-state index is 13.9. The highest BCUT2D eigenvalue weighted by atomic mass is 28.4. The largest absolute Gasteiger partial charge is 0.497 e. The van der Waals surface area contributed by atoms with Crippen molar-refractivity contribution in [1.29, 1.82) is 0 Å². The van der Waals surface area contributed by atoms with Gasteiger partial charge in [-0.25, -0.2) is 4.79 Å². The number of hydrogen-bond acceptors (Lipinski definition) is 4. The van der Waals surface area contributed by atoms with E-state index in [0.717, 1.165) is 23.0 Å². The Morgan fingerprint density at radius 3 is 2.22 bits per heavy atom. The van der Waals surface area contributed by atoms with E-state index in [2.05, 4.69) is 0 Å². The molecular weight excluding hydrogens is 493 g/mol. The molecule has 2 amide bonds. The summed E-state index contributed by atoms with van der Waals surface area (Å²) in [5.74, 6) is -1.77. The molecule has 0 spiro atoms. The highest BCUT2D eigenvalue weighted by Crippen LogP contribution is 2.45. The summed E-state index contributed by atoms with van der Waals surface area (Å²) >= 11 is 0. The van der Waals surface area contributed by atoms with Gasteiger partial charge in [0.2, 0.25) is 0 Å². The van der Waals surface area contributed by atoms with Crippen LogP contribution < -0.4 is 4.74 Å². The number of fused-ring (bicyclic) bond motifs is 1. The second-order valence-electron chi connectivity index (χ2n) is 9.74. The Morgan fingerprint density at radius 1 is 1.11 bits per heavy atom. The number of hydrogen-bond donors (Lipinski definition) is 1. The maximum Gasteiger partial charge on any atom is 0.471 e. The molecular formula is C25H37F3N2O5Si. The summed E-state index contributed by atoms with van der Waals surface area (Å²) in [7, 11) is -0.667. The molecule has 1 aromatic rings. The first-order valence-electron chi connectivity index (χ1n) is 12.7. The highest BCUT2D eigenvalue weighted by molar-refractivity contribution is 6.73. The number of carbonyl (C=O) groups excluding carboxylic acids is 1. The Hall–Kier alpha value is -2.27. The van der Waals surface area contributed by atoms with Crippen molar-refractivity contribution < 1.29 is 37.0 Å². The Morgan fingerprint density at radius 2 is 1.72 bits per heavy atom. The average molecular weight is 531 g/mol. The van der Waals surface area contributed by atoms with E-state index in [-0.39, 0.29) is 19.1 Å². The molecule has 1 heterocycles. The fraction of sp³-hybridized carbons (Fsp3) is 0.680. The van der Waals surface area contributed by atoms with E-state index in [1.165, 1.54) is 12.0 Å². The number of rotatable bonds is 10. The van der Waals surface area contributed by atoms with Gasteiger partial charge in [0.1, 0.15) is 5.75 Å². The predicted octanol–water partition coefficient (Wildman–Crippen LogP) is 5.51. The van der Waals surface area contributed by atoms with Crippen LogP contribution in [0.1, 0.15) is 45.6 Å². The summed E-state index contributed by atoms with van der Waals surface area (Å²) in [6, 6.07) is 6.78. The van der Waals surface area contributed by atoms with E-state index in [9.17, 15) is 27.9 Å². The van der Waals surface area contributed by atoms with Crippen LogP contribution in [0.4, 0.5) is 18.0 Å². The van der Waals surface area contributed by atoms with Crippen molar-refractivity contribution in [3.05, 3.63) is 29.8 Å². The molecule has 36 heavy (non-hydrogen) atoms. The van der Waals surface area contributed by atoms with Gasteiger partial charge in [-0.2, -0.15) is 13.2 Å². The first-order chi connectivity index (χ1) is 17.0. The molecule has 2 fully saturated rings. The van der Waals surface area contributed by atoms with Crippen LogP contribution >= 0.6 is 0 Å². The van der Waals surface area contributed by atoms with Gasteiger partial charge in [-0.3, -0.25) is 9.69 Å². The molecule has 7 nitrogen and oxygen atoms in total. The van der Waals surface area contributed by atoms with Crippen molar-refractivity contribution in [3.63, 3.8) is 0 Å². The fourth-order valence-corrected chi connectivity index (χ4v) is 8.67. The molecule has 1 aliphatic carbocycles. The first-order valence-corrected chi connectivity index (χ1v) is 15.2. The van der Waals surface area contributed by atoms with Crippen LogP contribution in [0.15, 0.2) is 24.3 Å². The third-order valence-corrected chi connectivity index (χ3v) is 12.8. The van der Waals surface area contributed by atoms with Crippen molar-refractivity contribution >= 4 is 20.3 Å². The monoisotopic (exact) mass is 530 g/mol. The molecule has 0 aromatic heterocycles. The lowest BCUT2D eigenvalue weighted by atomic mass is 9.93. The molecule has 0 radical (unpaired) electrons. The summed E-state index contributed by atoms with van der Waals surface area (Å²) in [4.78, 5) is 27.4. The number of ether oxygens (including phenoxy) is 1. The molecule has 202 valence electrons. The maximum atomic E-state index is 13.9. The Balaban J connectivity index is 2.03. The minimum atomic E-state index is -5.09. The van der Waals surface area contributed by atoms with Crippen molar-refractivity contribution in [2.75, 3.05) is 13.7 Å². The lowest BCUT2D eigenvalue weighted by molar-refractivity contribution is -0.190. The second-order valence-corrected chi connectivity index (χ2v) is 14.5. The third-order valence-electron chi connectivity index (χ3n) is 8.17. The van der Waals surface area contributed by atoms with E-state index in [4.69, 9.17) is 9.16 Å². The van der Waals surface area contributed by atoms with Crippen molar-refractivity contribution in [2.45, 2.75) is 89.0 Å². The summed E-state index contributed by atoms with van der Waals surface area (Å²) < 4.78 is 53.2. The number of amides is 2. The highest BCUT2D eigenvalue weighted by Gasteiger charge is 2.58. The van der Waals surface area contributed by atoms with Crippen LogP contribution in [-0.4, -0.2) is 73.2 Å². The van der Waals surface area contributed by atoms with E-state index in [1.807, 2.05) is 20.8 Å². The molecule has 2 unspecified atom stereocenters. The van der Waals surface area contributed by atoms with E-state index in [0.29, 0.717) is 30.6 Å². The third kappa shape index (κ3) is 5.66. The van der Waals surface area contributed by atoms with E-state index in [1.54, 1.807) is 24.3 Å². The number of halogens is 3. The molecule has 1 aromatic carbocycles. The quantitative estimate of drug-likeness (QED) is 0.404. The van der Waals surface area contributed by atoms with Gasteiger partial charge in [0.15, 0.2) is 8.32 Å². The van der Waals surface area contributed by atoms with Crippen molar-refractivity contribution in [3.8, 4) is 5.75 Å². The van der Waals surface area contributed by atoms with Gasteiger partial charge >= 0.3 is 18.2 Å². The zero-order valence-corrected chi connectivity index (χ0v) is 22.4. The molecule has 1 saturated carbocycles. The summed E-state index contributed by atoms with van der Waals surface area (Å²) in [5.41, 5.74) is 0.510. The molecule has 4 atom stereocenters. The SMILES string of the molecule is CC[Si](CC)(CC)OCC1C(N(Cc2ccc(OC)cc2)C(=O)C(F)(F)F)[C@H]2CCC[C@H]2N1C(=O)O. The minimum absolute atomic E-state index is 0.00401. The zero-order chi connectivity index (χ0) is 26.7. The number of methoxy groups -OCH3 is 1. The van der Waals surface area contributed by atoms with Gasteiger partial charge < -0.3 is 19.2 Å². The summed E-state index contributed by atoms with van der Waals surface area (Å²) in [5, 5.41) is 10.1. The van der Waals surface area contributed by atoms with E-state index >= 15 is 0 Å². The Bertz CT molecular complexity index is 902. The lowest BCUT2D eigenvalue weighted by Gasteiger charge is -2.39. The average Bonchev–Trinajstić information content (AvgIpc) is 3.43. The van der Waals surface area contributed by atoms with Crippen LogP contribution in [0.25, 0.3) is 0 Å². The van der Waals surface area contributed by atoms with Crippen LogP contribution in [0, 0.1) is 5.92 Å². The van der Waals surface area contributed by atoms with Crippen LogP contribution in [0.3, 0.4) is 0 Å². The molecule has 0 bridgehead atoms. The number of likely N-dealkylation sites (tertiary alicyclic amines) is 1. The molecule has 1 aliphatic heterocycles. The van der Waals surface area contributed by atoms with Gasteiger partial charge in [-0.15, -0.1) is 0 Å². The van der Waals surface area contributed by atoms with Crippen LogP contribution in [-0.2, 0) is 15.8 Å². The number of benzene rings is 1.